The van der Waals surface area contributed by atoms with Gasteiger partial charge >= 0.3 is 5.97 Å². The Morgan fingerprint density at radius 1 is 1.33 bits per heavy atom. The number of hydrogen-bond acceptors (Lipinski definition) is 4. The Kier molecular flexibility index (Phi) is 5.54. The van der Waals surface area contributed by atoms with Crippen molar-refractivity contribution in [1.82, 2.24) is 0 Å². The normalized spacial score (nSPS) is 10.5. The van der Waals surface area contributed by atoms with E-state index in [4.69, 9.17) is 16.3 Å². The van der Waals surface area contributed by atoms with Gasteiger partial charge in [-0.2, -0.15) is 11.3 Å². The molecule has 1 N–H and O–H groups in total. The number of esters is 1. The van der Waals surface area contributed by atoms with Crippen LogP contribution in [0, 0.1) is 0 Å². The van der Waals surface area contributed by atoms with Gasteiger partial charge in [0.1, 0.15) is 0 Å². The summed E-state index contributed by atoms with van der Waals surface area (Å²) in [6, 6.07) is 8.60. The van der Waals surface area contributed by atoms with Crippen molar-refractivity contribution in [3.63, 3.8) is 0 Å². The van der Waals surface area contributed by atoms with E-state index in [1.165, 1.54) is 17.4 Å². The molecule has 0 fully saturated rings. The molecule has 0 unspecified atom stereocenters. The highest BCUT2D eigenvalue weighted by molar-refractivity contribution is 7.08. The number of nitrogens with one attached hydrogen (secondary N) is 1. The van der Waals surface area contributed by atoms with E-state index in [9.17, 15) is 9.59 Å². The number of rotatable bonds is 5. The van der Waals surface area contributed by atoms with Crippen molar-refractivity contribution >= 4 is 46.6 Å². The smallest absolute Gasteiger partial charge is 0.331 e. The van der Waals surface area contributed by atoms with Crippen LogP contribution in [0.5, 0.6) is 0 Å². The maximum atomic E-state index is 11.6. The number of carbonyl (C=O) groups excluding carboxylic acids is 2. The van der Waals surface area contributed by atoms with Gasteiger partial charge in [-0.3, -0.25) is 4.79 Å². The molecule has 6 heteroatoms. The topological polar surface area (TPSA) is 55.4 Å². The first kappa shape index (κ1) is 15.3. The number of hydrogen-bond donors (Lipinski definition) is 1. The van der Waals surface area contributed by atoms with Gasteiger partial charge in [-0.15, -0.1) is 0 Å². The summed E-state index contributed by atoms with van der Waals surface area (Å²) in [6.07, 6.45) is 2.92. The molecule has 0 aliphatic carbocycles. The van der Waals surface area contributed by atoms with E-state index >= 15 is 0 Å². The SMILES string of the molecule is O=C(COC(=O)/C=C/c1ccsc1)Nc1cccc(Cl)c1. The maximum Gasteiger partial charge on any atom is 0.331 e. The molecule has 21 heavy (non-hydrogen) atoms. The number of anilines is 1. The highest BCUT2D eigenvalue weighted by Gasteiger charge is 2.05. The minimum atomic E-state index is -0.567. The van der Waals surface area contributed by atoms with Gasteiger partial charge in [-0.05, 0) is 46.7 Å². The minimum absolute atomic E-state index is 0.348. The van der Waals surface area contributed by atoms with Crippen molar-refractivity contribution in [3.8, 4) is 0 Å². The van der Waals surface area contributed by atoms with Crippen LogP contribution in [0.2, 0.25) is 5.02 Å². The van der Waals surface area contributed by atoms with E-state index in [0.29, 0.717) is 10.7 Å². The van der Waals surface area contributed by atoms with Crippen molar-refractivity contribution in [2.45, 2.75) is 0 Å². The van der Waals surface area contributed by atoms with Crippen LogP contribution < -0.4 is 5.32 Å². The molecule has 0 bridgehead atoms. The van der Waals surface area contributed by atoms with Gasteiger partial charge < -0.3 is 10.1 Å². The lowest BCUT2D eigenvalue weighted by atomic mass is 10.3. The molecular formula is C15H12ClNO3S. The molecular weight excluding hydrogens is 310 g/mol. The number of ether oxygens (including phenoxy) is 1. The first-order valence-corrected chi connectivity index (χ1v) is 7.38. The van der Waals surface area contributed by atoms with Crippen molar-refractivity contribution in [2.24, 2.45) is 0 Å². The Balaban J connectivity index is 1.77. The molecule has 1 amide bonds. The molecule has 4 nitrogen and oxygen atoms in total. The van der Waals surface area contributed by atoms with E-state index < -0.39 is 11.9 Å². The van der Waals surface area contributed by atoms with Crippen LogP contribution >= 0.6 is 22.9 Å². The summed E-state index contributed by atoms with van der Waals surface area (Å²) in [4.78, 5) is 23.0. The standard InChI is InChI=1S/C15H12ClNO3S/c16-12-2-1-3-13(8-12)17-14(18)9-20-15(19)5-4-11-6-7-21-10-11/h1-8,10H,9H2,(H,17,18)/b5-4+. The fourth-order valence-electron chi connectivity index (χ4n) is 1.48. The highest BCUT2D eigenvalue weighted by atomic mass is 35.5. The summed E-state index contributed by atoms with van der Waals surface area (Å²) >= 11 is 7.33. The van der Waals surface area contributed by atoms with Gasteiger partial charge in [0, 0.05) is 16.8 Å². The lowest BCUT2D eigenvalue weighted by molar-refractivity contribution is -0.142. The van der Waals surface area contributed by atoms with Crippen LogP contribution in [0.1, 0.15) is 5.56 Å². The highest BCUT2D eigenvalue weighted by Crippen LogP contribution is 2.14. The Bertz CT molecular complexity index is 653. The summed E-state index contributed by atoms with van der Waals surface area (Å²) in [6.45, 7) is -0.348. The van der Waals surface area contributed by atoms with E-state index in [0.717, 1.165) is 5.56 Å². The molecule has 0 saturated heterocycles. The fourth-order valence-corrected chi connectivity index (χ4v) is 2.30. The van der Waals surface area contributed by atoms with Gasteiger partial charge in [0.2, 0.25) is 0 Å². The molecule has 2 rings (SSSR count). The van der Waals surface area contributed by atoms with E-state index in [1.807, 2.05) is 16.8 Å². The van der Waals surface area contributed by atoms with Crippen molar-refractivity contribution in [3.05, 3.63) is 57.8 Å². The molecule has 108 valence electrons. The van der Waals surface area contributed by atoms with Crippen LogP contribution in [-0.4, -0.2) is 18.5 Å². The zero-order valence-corrected chi connectivity index (χ0v) is 12.5. The minimum Gasteiger partial charge on any atom is -0.452 e. The second kappa shape index (κ2) is 7.61. The van der Waals surface area contributed by atoms with Gasteiger partial charge in [-0.25, -0.2) is 4.79 Å². The van der Waals surface area contributed by atoms with Crippen LogP contribution in [0.25, 0.3) is 6.08 Å². The van der Waals surface area contributed by atoms with Crippen LogP contribution in [0.15, 0.2) is 47.2 Å². The largest absolute Gasteiger partial charge is 0.452 e. The molecule has 0 spiro atoms. The maximum absolute atomic E-state index is 11.6. The Morgan fingerprint density at radius 3 is 2.90 bits per heavy atom. The van der Waals surface area contributed by atoms with E-state index in [2.05, 4.69) is 5.32 Å². The second-order valence-electron chi connectivity index (χ2n) is 4.06. The van der Waals surface area contributed by atoms with Gasteiger partial charge in [-0.1, -0.05) is 17.7 Å². The third-order valence-corrected chi connectivity index (χ3v) is 3.35. The summed E-state index contributed by atoms with van der Waals surface area (Å²) in [5.41, 5.74) is 1.47. The zero-order chi connectivity index (χ0) is 15.1. The monoisotopic (exact) mass is 321 g/mol. The summed E-state index contributed by atoms with van der Waals surface area (Å²) in [5.74, 6) is -0.989. The molecule has 1 heterocycles. The second-order valence-corrected chi connectivity index (χ2v) is 5.27. The van der Waals surface area contributed by atoms with Crippen molar-refractivity contribution in [2.75, 3.05) is 11.9 Å². The molecule has 2 aromatic rings. The number of halogens is 1. The van der Waals surface area contributed by atoms with E-state index in [1.54, 1.807) is 30.3 Å². The van der Waals surface area contributed by atoms with Crippen LogP contribution in [0.4, 0.5) is 5.69 Å². The fraction of sp³-hybridized carbons (Fsp3) is 0.0667. The third kappa shape index (κ3) is 5.41. The number of thiophene rings is 1. The predicted octanol–water partition coefficient (Wildman–Crippen LogP) is 3.60. The lowest BCUT2D eigenvalue weighted by Gasteiger charge is -2.05. The number of carbonyl (C=O) groups is 2. The number of amides is 1. The molecule has 0 atom stereocenters. The van der Waals surface area contributed by atoms with Gasteiger partial charge in [0.05, 0.1) is 0 Å². The zero-order valence-electron chi connectivity index (χ0n) is 10.9. The molecule has 1 aromatic heterocycles. The average molecular weight is 322 g/mol. The van der Waals surface area contributed by atoms with Crippen molar-refractivity contribution in [1.29, 1.82) is 0 Å². The summed E-state index contributed by atoms with van der Waals surface area (Å²) in [7, 11) is 0. The average Bonchev–Trinajstić information content (AvgIpc) is 2.96. The Hall–Kier alpha value is -2.11. The molecule has 0 saturated carbocycles. The van der Waals surface area contributed by atoms with E-state index in [-0.39, 0.29) is 6.61 Å². The molecule has 1 aromatic carbocycles. The lowest BCUT2D eigenvalue weighted by Crippen LogP contribution is -2.20. The molecule has 0 aliphatic rings. The first-order chi connectivity index (χ1) is 10.1. The first-order valence-electron chi connectivity index (χ1n) is 6.06. The summed E-state index contributed by atoms with van der Waals surface area (Å²) < 4.78 is 4.84. The molecule has 0 aliphatic heterocycles. The van der Waals surface area contributed by atoms with Crippen molar-refractivity contribution < 1.29 is 14.3 Å². The molecule has 0 radical (unpaired) electrons. The third-order valence-electron chi connectivity index (χ3n) is 2.41. The summed E-state index contributed by atoms with van der Waals surface area (Å²) in [5, 5.41) is 6.91. The van der Waals surface area contributed by atoms with Crippen LogP contribution in [0.3, 0.4) is 0 Å². The Labute approximate surface area is 131 Å². The van der Waals surface area contributed by atoms with Gasteiger partial charge in [0.15, 0.2) is 6.61 Å². The Morgan fingerprint density at radius 2 is 2.19 bits per heavy atom. The van der Waals surface area contributed by atoms with Crippen LogP contribution in [-0.2, 0) is 14.3 Å². The number of benzene rings is 1. The van der Waals surface area contributed by atoms with Gasteiger partial charge in [0.25, 0.3) is 5.91 Å². The quantitative estimate of drug-likeness (QED) is 0.676. The predicted molar refractivity (Wildman–Crippen MR) is 84.4 cm³/mol.